The lowest BCUT2D eigenvalue weighted by molar-refractivity contribution is -0.145. The second kappa shape index (κ2) is 6.18. The lowest BCUT2D eigenvalue weighted by Gasteiger charge is -2.18. The SMILES string of the molecule is C=C(C)C[C@@H](NC(=O)[C@H]1CCC(=O)N1)C(=O)OC. The zero-order chi connectivity index (χ0) is 13.7. The fraction of sp³-hybridized carbons (Fsp3) is 0.583. The van der Waals surface area contributed by atoms with Crippen molar-refractivity contribution in [3.05, 3.63) is 12.2 Å². The summed E-state index contributed by atoms with van der Waals surface area (Å²) < 4.78 is 4.62. The maximum Gasteiger partial charge on any atom is 0.328 e. The quantitative estimate of drug-likeness (QED) is 0.529. The molecule has 1 fully saturated rings. The van der Waals surface area contributed by atoms with Crippen molar-refractivity contribution in [2.75, 3.05) is 7.11 Å². The fourth-order valence-corrected chi connectivity index (χ4v) is 1.77. The Kier molecular flexibility index (Phi) is 4.88. The maximum absolute atomic E-state index is 11.8. The minimum absolute atomic E-state index is 0.148. The molecule has 0 aromatic carbocycles. The van der Waals surface area contributed by atoms with Crippen molar-refractivity contribution in [1.82, 2.24) is 10.6 Å². The third-order valence-corrected chi connectivity index (χ3v) is 2.67. The number of rotatable bonds is 5. The molecule has 0 saturated carbocycles. The van der Waals surface area contributed by atoms with Crippen LogP contribution in [0.2, 0.25) is 0 Å². The molecule has 0 unspecified atom stereocenters. The molecular weight excluding hydrogens is 236 g/mol. The van der Waals surface area contributed by atoms with E-state index in [1.54, 1.807) is 6.92 Å². The van der Waals surface area contributed by atoms with Gasteiger partial charge in [-0.25, -0.2) is 4.79 Å². The Morgan fingerprint density at radius 1 is 1.61 bits per heavy atom. The molecule has 100 valence electrons. The largest absolute Gasteiger partial charge is 0.467 e. The summed E-state index contributed by atoms with van der Waals surface area (Å²) in [7, 11) is 1.26. The molecule has 1 heterocycles. The Labute approximate surface area is 106 Å². The van der Waals surface area contributed by atoms with Gasteiger partial charge in [0.2, 0.25) is 11.8 Å². The molecule has 0 spiro atoms. The number of carbonyl (C=O) groups is 3. The molecule has 2 amide bonds. The van der Waals surface area contributed by atoms with E-state index in [4.69, 9.17) is 0 Å². The van der Waals surface area contributed by atoms with Gasteiger partial charge in [-0.05, 0) is 19.8 Å². The molecule has 18 heavy (non-hydrogen) atoms. The van der Waals surface area contributed by atoms with Crippen LogP contribution in [0, 0.1) is 0 Å². The van der Waals surface area contributed by atoms with Gasteiger partial charge in [-0.3, -0.25) is 9.59 Å². The number of hydrogen-bond acceptors (Lipinski definition) is 4. The zero-order valence-electron chi connectivity index (χ0n) is 10.6. The Morgan fingerprint density at radius 2 is 2.28 bits per heavy atom. The summed E-state index contributed by atoms with van der Waals surface area (Å²) >= 11 is 0. The molecule has 0 aromatic rings. The first-order valence-electron chi connectivity index (χ1n) is 5.76. The summed E-state index contributed by atoms with van der Waals surface area (Å²) in [5, 5.41) is 5.12. The van der Waals surface area contributed by atoms with Crippen molar-refractivity contribution < 1.29 is 19.1 Å². The van der Waals surface area contributed by atoms with Crippen molar-refractivity contribution in [2.45, 2.75) is 38.3 Å². The van der Waals surface area contributed by atoms with Gasteiger partial charge in [0.05, 0.1) is 7.11 Å². The van der Waals surface area contributed by atoms with Crippen LogP contribution in [0.4, 0.5) is 0 Å². The van der Waals surface area contributed by atoms with Gasteiger partial charge in [0, 0.05) is 6.42 Å². The van der Waals surface area contributed by atoms with Crippen LogP contribution in [-0.4, -0.2) is 37.0 Å². The van der Waals surface area contributed by atoms with Crippen LogP contribution >= 0.6 is 0 Å². The number of amides is 2. The van der Waals surface area contributed by atoms with Crippen LogP contribution in [0.25, 0.3) is 0 Å². The predicted octanol–water partition coefficient (Wildman–Crippen LogP) is -0.111. The minimum Gasteiger partial charge on any atom is -0.467 e. The molecule has 6 heteroatoms. The number of carbonyl (C=O) groups excluding carboxylic acids is 3. The van der Waals surface area contributed by atoms with E-state index in [2.05, 4.69) is 21.9 Å². The Balaban J connectivity index is 2.59. The van der Waals surface area contributed by atoms with E-state index in [1.807, 2.05) is 0 Å². The summed E-state index contributed by atoms with van der Waals surface area (Å²) in [6.45, 7) is 5.46. The van der Waals surface area contributed by atoms with Crippen LogP contribution in [0.1, 0.15) is 26.2 Å². The summed E-state index contributed by atoms with van der Waals surface area (Å²) in [5.74, 6) is -1.03. The molecule has 0 radical (unpaired) electrons. The van der Waals surface area contributed by atoms with Crippen molar-refractivity contribution in [3.63, 3.8) is 0 Å². The number of nitrogens with one attached hydrogen (secondary N) is 2. The van der Waals surface area contributed by atoms with E-state index in [1.165, 1.54) is 7.11 Å². The molecule has 1 aliphatic heterocycles. The molecular formula is C12H18N2O4. The van der Waals surface area contributed by atoms with E-state index in [-0.39, 0.29) is 11.8 Å². The number of methoxy groups -OCH3 is 1. The average Bonchev–Trinajstić information content (AvgIpc) is 2.73. The first-order valence-corrected chi connectivity index (χ1v) is 5.76. The van der Waals surface area contributed by atoms with Crippen LogP contribution in [0.3, 0.4) is 0 Å². The lowest BCUT2D eigenvalue weighted by Crippen LogP contribution is -2.49. The summed E-state index contributed by atoms with van der Waals surface area (Å²) in [6.07, 6.45) is 1.10. The van der Waals surface area contributed by atoms with Crippen LogP contribution in [-0.2, 0) is 19.1 Å². The predicted molar refractivity (Wildman–Crippen MR) is 64.5 cm³/mol. The van der Waals surface area contributed by atoms with E-state index >= 15 is 0 Å². The number of esters is 1. The summed E-state index contributed by atoms with van der Waals surface area (Å²) in [6, 6.07) is -1.31. The fourth-order valence-electron chi connectivity index (χ4n) is 1.77. The first-order chi connectivity index (χ1) is 8.43. The van der Waals surface area contributed by atoms with Gasteiger partial charge >= 0.3 is 5.97 Å². The standard InChI is InChI=1S/C12H18N2O4/c1-7(2)6-9(12(17)18-3)14-11(16)8-4-5-10(15)13-8/h8-9H,1,4-6H2,2-3H3,(H,13,15)(H,14,16)/t8-,9-/m1/s1. The lowest BCUT2D eigenvalue weighted by atomic mass is 10.1. The highest BCUT2D eigenvalue weighted by molar-refractivity contribution is 5.93. The second-order valence-electron chi connectivity index (χ2n) is 4.40. The number of hydrogen-bond donors (Lipinski definition) is 2. The number of ether oxygens (including phenoxy) is 1. The molecule has 2 N–H and O–H groups in total. The Morgan fingerprint density at radius 3 is 2.72 bits per heavy atom. The Hall–Kier alpha value is -1.85. The highest BCUT2D eigenvalue weighted by Gasteiger charge is 2.30. The summed E-state index contributed by atoms with van der Waals surface area (Å²) in [4.78, 5) is 34.4. The van der Waals surface area contributed by atoms with Gasteiger partial charge in [0.25, 0.3) is 0 Å². The van der Waals surface area contributed by atoms with Crippen LogP contribution in [0.5, 0.6) is 0 Å². The van der Waals surface area contributed by atoms with E-state index < -0.39 is 18.1 Å². The van der Waals surface area contributed by atoms with Crippen LogP contribution in [0.15, 0.2) is 12.2 Å². The minimum atomic E-state index is -0.752. The molecule has 1 rings (SSSR count). The smallest absolute Gasteiger partial charge is 0.328 e. The third kappa shape index (κ3) is 3.87. The van der Waals surface area contributed by atoms with Crippen molar-refractivity contribution >= 4 is 17.8 Å². The highest BCUT2D eigenvalue weighted by Crippen LogP contribution is 2.09. The molecule has 1 saturated heterocycles. The van der Waals surface area contributed by atoms with Crippen molar-refractivity contribution in [3.8, 4) is 0 Å². The highest BCUT2D eigenvalue weighted by atomic mass is 16.5. The van der Waals surface area contributed by atoms with E-state index in [9.17, 15) is 14.4 Å². The topological polar surface area (TPSA) is 84.5 Å². The summed E-state index contributed by atoms with van der Waals surface area (Å²) in [5.41, 5.74) is 0.765. The molecule has 0 aromatic heterocycles. The molecule has 0 aliphatic carbocycles. The van der Waals surface area contributed by atoms with Gasteiger partial charge < -0.3 is 15.4 Å². The normalized spacial score (nSPS) is 19.9. The van der Waals surface area contributed by atoms with Gasteiger partial charge in [-0.2, -0.15) is 0 Å². The van der Waals surface area contributed by atoms with E-state index in [0.29, 0.717) is 19.3 Å². The molecule has 1 aliphatic rings. The van der Waals surface area contributed by atoms with Crippen molar-refractivity contribution in [2.24, 2.45) is 0 Å². The van der Waals surface area contributed by atoms with Crippen LogP contribution < -0.4 is 10.6 Å². The van der Waals surface area contributed by atoms with Crippen molar-refractivity contribution in [1.29, 1.82) is 0 Å². The Bertz CT molecular complexity index is 378. The van der Waals surface area contributed by atoms with E-state index in [0.717, 1.165) is 5.57 Å². The van der Waals surface area contributed by atoms with Gasteiger partial charge in [-0.1, -0.05) is 5.57 Å². The molecule has 2 atom stereocenters. The second-order valence-corrected chi connectivity index (χ2v) is 4.40. The average molecular weight is 254 g/mol. The van der Waals surface area contributed by atoms with Gasteiger partial charge in [0.1, 0.15) is 12.1 Å². The van der Waals surface area contributed by atoms with Gasteiger partial charge in [0.15, 0.2) is 0 Å². The molecule has 6 nitrogen and oxygen atoms in total. The monoisotopic (exact) mass is 254 g/mol. The molecule has 0 bridgehead atoms. The maximum atomic E-state index is 11.8. The third-order valence-electron chi connectivity index (χ3n) is 2.67. The first kappa shape index (κ1) is 14.2. The van der Waals surface area contributed by atoms with Gasteiger partial charge in [-0.15, -0.1) is 6.58 Å². The zero-order valence-corrected chi connectivity index (χ0v) is 10.6.